The highest BCUT2D eigenvalue weighted by Gasteiger charge is 2.16. The van der Waals surface area contributed by atoms with E-state index in [4.69, 9.17) is 5.73 Å². The van der Waals surface area contributed by atoms with Crippen molar-refractivity contribution < 1.29 is 0 Å². The third-order valence-electron chi connectivity index (χ3n) is 2.65. The van der Waals surface area contributed by atoms with Crippen molar-refractivity contribution in [3.8, 4) is 0 Å². The summed E-state index contributed by atoms with van der Waals surface area (Å²) in [5.74, 6) is 2.37. The topological polar surface area (TPSA) is 81.1 Å². The van der Waals surface area contributed by atoms with Gasteiger partial charge in [0.25, 0.3) is 0 Å². The van der Waals surface area contributed by atoms with Gasteiger partial charge in [-0.2, -0.15) is 0 Å². The molecular formula is C11H19IN6. The van der Waals surface area contributed by atoms with Crippen LogP contribution < -0.4 is 11.1 Å². The van der Waals surface area contributed by atoms with E-state index in [1.807, 2.05) is 6.92 Å². The molecule has 6 nitrogen and oxygen atoms in total. The normalized spacial score (nSPS) is 13.9. The Morgan fingerprint density at radius 3 is 3.06 bits per heavy atom. The Morgan fingerprint density at radius 1 is 1.56 bits per heavy atom. The van der Waals surface area contributed by atoms with Gasteiger partial charge in [0.05, 0.1) is 0 Å². The molecule has 100 valence electrons. The van der Waals surface area contributed by atoms with E-state index in [1.54, 1.807) is 0 Å². The maximum Gasteiger partial charge on any atom is 0.189 e. The second-order valence-corrected chi connectivity index (χ2v) is 4.30. The van der Waals surface area contributed by atoms with Crippen LogP contribution in [0.1, 0.15) is 25.0 Å². The summed E-state index contributed by atoms with van der Waals surface area (Å²) in [7, 11) is 0. The number of aryl methyl sites for hydroxylation is 1. The van der Waals surface area contributed by atoms with Gasteiger partial charge < -0.3 is 15.6 Å². The molecule has 0 saturated carbocycles. The molecule has 3 N–H and O–H groups in total. The summed E-state index contributed by atoms with van der Waals surface area (Å²) in [5.41, 5.74) is 6.74. The van der Waals surface area contributed by atoms with Gasteiger partial charge in [0, 0.05) is 19.5 Å². The van der Waals surface area contributed by atoms with Crippen molar-refractivity contribution >= 4 is 29.9 Å². The van der Waals surface area contributed by atoms with Crippen LogP contribution >= 0.6 is 24.0 Å². The average Bonchev–Trinajstić information content (AvgIpc) is 2.86. The van der Waals surface area contributed by atoms with E-state index in [2.05, 4.69) is 31.7 Å². The molecule has 2 heterocycles. The summed E-state index contributed by atoms with van der Waals surface area (Å²) >= 11 is 0. The number of fused-ring (bicyclic) bond motifs is 1. The molecule has 0 unspecified atom stereocenters. The number of nitrogens with one attached hydrogen (secondary N) is 1. The van der Waals surface area contributed by atoms with Crippen LogP contribution in [0.25, 0.3) is 0 Å². The Labute approximate surface area is 124 Å². The largest absolute Gasteiger partial charge is 0.370 e. The predicted octanol–water partition coefficient (Wildman–Crippen LogP) is 0.823. The first-order valence-corrected chi connectivity index (χ1v) is 5.76. The van der Waals surface area contributed by atoms with Crippen molar-refractivity contribution in [1.82, 2.24) is 20.1 Å². The average molecular weight is 362 g/mol. The third kappa shape index (κ3) is 3.69. The zero-order valence-electron chi connectivity index (χ0n) is 10.5. The van der Waals surface area contributed by atoms with Crippen molar-refractivity contribution in [2.75, 3.05) is 6.54 Å². The SMILES string of the molecule is C=C(C)CNC(N)=NCc1nnc2n1CCC2.I. The fourth-order valence-corrected chi connectivity index (χ4v) is 1.78. The van der Waals surface area contributed by atoms with Crippen molar-refractivity contribution in [3.05, 3.63) is 23.8 Å². The zero-order chi connectivity index (χ0) is 12.3. The number of guanidine groups is 1. The minimum absolute atomic E-state index is 0. The Balaban J connectivity index is 0.00000162. The first-order chi connectivity index (χ1) is 8.16. The van der Waals surface area contributed by atoms with Crippen LogP contribution in [0.2, 0.25) is 0 Å². The molecule has 1 aromatic heterocycles. The van der Waals surface area contributed by atoms with Crippen molar-refractivity contribution in [1.29, 1.82) is 0 Å². The van der Waals surface area contributed by atoms with E-state index in [0.717, 1.165) is 36.6 Å². The molecule has 0 fully saturated rings. The molecule has 0 atom stereocenters. The van der Waals surface area contributed by atoms with Crippen molar-refractivity contribution in [2.45, 2.75) is 32.9 Å². The highest BCUT2D eigenvalue weighted by molar-refractivity contribution is 14.0. The summed E-state index contributed by atoms with van der Waals surface area (Å²) in [4.78, 5) is 4.23. The van der Waals surface area contributed by atoms with Crippen LogP contribution in [0.15, 0.2) is 17.1 Å². The Kier molecular flexibility index (Phi) is 5.57. The van der Waals surface area contributed by atoms with Crippen LogP contribution in [-0.2, 0) is 19.5 Å². The number of nitrogens with two attached hydrogens (primary N) is 1. The minimum Gasteiger partial charge on any atom is -0.370 e. The molecule has 0 spiro atoms. The molecule has 1 aliphatic heterocycles. The van der Waals surface area contributed by atoms with E-state index in [0.29, 0.717) is 19.0 Å². The highest BCUT2D eigenvalue weighted by atomic mass is 127. The Hall–Kier alpha value is -1.12. The summed E-state index contributed by atoms with van der Waals surface area (Å²) < 4.78 is 2.12. The minimum atomic E-state index is 0. The zero-order valence-corrected chi connectivity index (χ0v) is 12.8. The van der Waals surface area contributed by atoms with Crippen LogP contribution in [0.4, 0.5) is 0 Å². The summed E-state index contributed by atoms with van der Waals surface area (Å²) in [6.45, 7) is 7.83. The smallest absolute Gasteiger partial charge is 0.189 e. The fourth-order valence-electron chi connectivity index (χ4n) is 1.78. The molecule has 1 aliphatic rings. The first kappa shape index (κ1) is 14.9. The Bertz CT molecular complexity index is 450. The number of rotatable bonds is 4. The number of nitrogens with zero attached hydrogens (tertiary/aromatic N) is 4. The standard InChI is InChI=1S/C11H18N6.HI/c1-8(2)6-13-11(12)14-7-10-16-15-9-4-3-5-17(9)10;/h1,3-7H2,2H3,(H3,12,13,14);1H. The van der Waals surface area contributed by atoms with E-state index >= 15 is 0 Å². The molecule has 1 aromatic rings. The molecule has 0 radical (unpaired) electrons. The monoisotopic (exact) mass is 362 g/mol. The lowest BCUT2D eigenvalue weighted by molar-refractivity contribution is 0.687. The maximum absolute atomic E-state index is 5.72. The van der Waals surface area contributed by atoms with Gasteiger partial charge in [0.1, 0.15) is 12.4 Å². The third-order valence-corrected chi connectivity index (χ3v) is 2.65. The molecule has 0 amide bonds. The first-order valence-electron chi connectivity index (χ1n) is 5.76. The van der Waals surface area contributed by atoms with Gasteiger partial charge in [-0.1, -0.05) is 12.2 Å². The number of aliphatic imine (C=N–C) groups is 1. The molecule has 0 aliphatic carbocycles. The van der Waals surface area contributed by atoms with E-state index in [-0.39, 0.29) is 24.0 Å². The van der Waals surface area contributed by atoms with Crippen LogP contribution in [0.3, 0.4) is 0 Å². The number of hydrogen-bond acceptors (Lipinski definition) is 3. The van der Waals surface area contributed by atoms with Gasteiger partial charge in [-0.05, 0) is 13.3 Å². The lowest BCUT2D eigenvalue weighted by Gasteiger charge is -2.04. The maximum atomic E-state index is 5.72. The van der Waals surface area contributed by atoms with Crippen LogP contribution in [0.5, 0.6) is 0 Å². The van der Waals surface area contributed by atoms with E-state index in [9.17, 15) is 0 Å². The van der Waals surface area contributed by atoms with Crippen LogP contribution in [-0.4, -0.2) is 27.3 Å². The molecule has 0 aromatic carbocycles. The van der Waals surface area contributed by atoms with E-state index in [1.165, 1.54) is 0 Å². The lowest BCUT2D eigenvalue weighted by Crippen LogP contribution is -2.32. The summed E-state index contributed by atoms with van der Waals surface area (Å²) in [6, 6.07) is 0. The summed E-state index contributed by atoms with van der Waals surface area (Å²) in [5, 5.41) is 11.2. The number of hydrogen-bond donors (Lipinski definition) is 2. The predicted molar refractivity (Wildman–Crippen MR) is 81.9 cm³/mol. The lowest BCUT2D eigenvalue weighted by atomic mass is 10.3. The van der Waals surface area contributed by atoms with Gasteiger partial charge in [-0.25, -0.2) is 4.99 Å². The number of aromatic nitrogens is 3. The second-order valence-electron chi connectivity index (χ2n) is 4.30. The van der Waals surface area contributed by atoms with Gasteiger partial charge in [0.15, 0.2) is 11.8 Å². The van der Waals surface area contributed by atoms with E-state index < -0.39 is 0 Å². The molecule has 2 rings (SSSR count). The molecular weight excluding hydrogens is 343 g/mol. The fraction of sp³-hybridized carbons (Fsp3) is 0.545. The van der Waals surface area contributed by atoms with Gasteiger partial charge in [-0.3, -0.25) is 0 Å². The quantitative estimate of drug-likeness (QED) is 0.360. The Morgan fingerprint density at radius 2 is 2.33 bits per heavy atom. The summed E-state index contributed by atoms with van der Waals surface area (Å²) in [6.07, 6.45) is 2.16. The molecule has 0 saturated heterocycles. The van der Waals surface area contributed by atoms with Crippen molar-refractivity contribution in [2.24, 2.45) is 10.7 Å². The highest BCUT2D eigenvalue weighted by Crippen LogP contribution is 2.14. The van der Waals surface area contributed by atoms with Gasteiger partial charge >= 0.3 is 0 Å². The molecule has 7 heteroatoms. The van der Waals surface area contributed by atoms with Gasteiger partial charge in [-0.15, -0.1) is 34.2 Å². The second kappa shape index (κ2) is 6.72. The van der Waals surface area contributed by atoms with Crippen LogP contribution in [0, 0.1) is 0 Å². The van der Waals surface area contributed by atoms with Gasteiger partial charge in [0.2, 0.25) is 0 Å². The number of halogens is 1. The molecule has 18 heavy (non-hydrogen) atoms. The molecule has 0 bridgehead atoms. The van der Waals surface area contributed by atoms with Crippen molar-refractivity contribution in [3.63, 3.8) is 0 Å².